The van der Waals surface area contributed by atoms with Crippen LogP contribution in [0.1, 0.15) is 39.5 Å². The van der Waals surface area contributed by atoms with Crippen LogP contribution in [0.15, 0.2) is 42.5 Å². The molecule has 0 aliphatic carbocycles. The fourth-order valence-electron chi connectivity index (χ4n) is 3.40. The zero-order valence-corrected chi connectivity index (χ0v) is 17.5. The lowest BCUT2D eigenvalue weighted by Crippen LogP contribution is -2.30. The molecule has 1 heterocycles. The number of ether oxygens (including phenoxy) is 1. The molecule has 0 saturated heterocycles. The third-order valence-corrected chi connectivity index (χ3v) is 6.16. The van der Waals surface area contributed by atoms with Gasteiger partial charge in [0.2, 0.25) is 10.0 Å². The number of methoxy groups -OCH3 is 1. The normalized spacial score (nSPS) is 14.2. The van der Waals surface area contributed by atoms with Gasteiger partial charge >= 0.3 is 5.97 Å². The van der Waals surface area contributed by atoms with Gasteiger partial charge in [-0.3, -0.25) is 13.9 Å². The summed E-state index contributed by atoms with van der Waals surface area (Å²) in [6.07, 6.45) is 1.73. The number of aryl methyl sites for hydroxylation is 1. The van der Waals surface area contributed by atoms with E-state index in [-0.39, 0.29) is 12.3 Å². The average molecular weight is 416 g/mol. The number of nitrogens with zero attached hydrogens (tertiary/aromatic N) is 1. The Balaban J connectivity index is 1.83. The Morgan fingerprint density at radius 1 is 1.17 bits per heavy atom. The van der Waals surface area contributed by atoms with Gasteiger partial charge in [-0.1, -0.05) is 29.8 Å². The van der Waals surface area contributed by atoms with E-state index in [9.17, 15) is 18.0 Å². The summed E-state index contributed by atoms with van der Waals surface area (Å²) < 4.78 is 29.9. The predicted molar refractivity (Wildman–Crippen MR) is 110 cm³/mol. The van der Waals surface area contributed by atoms with Crippen molar-refractivity contribution < 1.29 is 22.7 Å². The summed E-state index contributed by atoms with van der Waals surface area (Å²) in [6, 6.07) is 12.0. The summed E-state index contributed by atoms with van der Waals surface area (Å²) in [6.45, 7) is 2.33. The molecule has 0 fully saturated rings. The van der Waals surface area contributed by atoms with E-state index in [2.05, 4.69) is 5.32 Å². The zero-order chi connectivity index (χ0) is 21.2. The van der Waals surface area contributed by atoms with Gasteiger partial charge in [0.05, 0.1) is 31.5 Å². The van der Waals surface area contributed by atoms with Crippen LogP contribution in [0.3, 0.4) is 0 Å². The number of esters is 1. The van der Waals surface area contributed by atoms with E-state index in [1.807, 2.05) is 31.2 Å². The number of rotatable bonds is 6. The van der Waals surface area contributed by atoms with Crippen LogP contribution in [0, 0.1) is 6.92 Å². The first-order valence-corrected chi connectivity index (χ1v) is 11.1. The largest absolute Gasteiger partial charge is 0.469 e. The average Bonchev–Trinajstić information content (AvgIpc) is 3.11. The molecule has 29 heavy (non-hydrogen) atoms. The number of amides is 1. The number of carbonyl (C=O) groups excluding carboxylic acids is 2. The van der Waals surface area contributed by atoms with E-state index >= 15 is 0 Å². The number of hydrogen-bond donors (Lipinski definition) is 1. The Morgan fingerprint density at radius 3 is 2.48 bits per heavy atom. The highest BCUT2D eigenvalue weighted by Crippen LogP contribution is 2.31. The highest BCUT2D eigenvalue weighted by molar-refractivity contribution is 7.92. The van der Waals surface area contributed by atoms with Crippen LogP contribution in [0.2, 0.25) is 0 Å². The molecule has 0 radical (unpaired) electrons. The standard InChI is InChI=1S/C21H24N2O5S/c1-14-4-6-15(7-5-14)18(13-20(24)28-2)22-21(25)17-8-9-19-16(12-17)10-11-23(19)29(3,26)27/h4-9,12,18H,10-11,13H2,1-3H3,(H,22,25)/t18-/m0/s1. The molecule has 1 aliphatic rings. The molecule has 154 valence electrons. The van der Waals surface area contributed by atoms with E-state index in [1.54, 1.807) is 18.2 Å². The molecule has 2 aromatic carbocycles. The first kappa shape index (κ1) is 20.9. The van der Waals surface area contributed by atoms with E-state index in [0.717, 1.165) is 16.7 Å². The Morgan fingerprint density at radius 2 is 1.86 bits per heavy atom. The molecule has 0 unspecified atom stereocenters. The highest BCUT2D eigenvalue weighted by Gasteiger charge is 2.27. The fraction of sp³-hybridized carbons (Fsp3) is 0.333. The quantitative estimate of drug-likeness (QED) is 0.730. The first-order valence-electron chi connectivity index (χ1n) is 9.24. The zero-order valence-electron chi connectivity index (χ0n) is 16.6. The number of nitrogens with one attached hydrogen (secondary N) is 1. The number of sulfonamides is 1. The van der Waals surface area contributed by atoms with E-state index < -0.39 is 22.0 Å². The summed E-state index contributed by atoms with van der Waals surface area (Å²) in [5, 5.41) is 2.90. The molecule has 8 heteroatoms. The molecule has 1 amide bonds. The van der Waals surface area contributed by atoms with Crippen LogP contribution >= 0.6 is 0 Å². The van der Waals surface area contributed by atoms with Crippen LogP contribution in [-0.2, 0) is 26.0 Å². The molecule has 0 aromatic heterocycles. The summed E-state index contributed by atoms with van der Waals surface area (Å²) in [5.41, 5.74) is 3.71. The maximum Gasteiger partial charge on any atom is 0.307 e. The minimum Gasteiger partial charge on any atom is -0.469 e. The van der Waals surface area contributed by atoms with Crippen molar-refractivity contribution in [2.75, 3.05) is 24.2 Å². The van der Waals surface area contributed by atoms with Crippen molar-refractivity contribution in [1.29, 1.82) is 0 Å². The van der Waals surface area contributed by atoms with Crippen molar-refractivity contribution in [2.45, 2.75) is 25.8 Å². The second-order valence-corrected chi connectivity index (χ2v) is 9.05. The van der Waals surface area contributed by atoms with Crippen molar-refractivity contribution in [3.8, 4) is 0 Å². The van der Waals surface area contributed by atoms with Crippen LogP contribution in [0.5, 0.6) is 0 Å². The van der Waals surface area contributed by atoms with Gasteiger partial charge in [0.1, 0.15) is 0 Å². The molecule has 7 nitrogen and oxygen atoms in total. The van der Waals surface area contributed by atoms with Gasteiger partial charge in [-0.05, 0) is 42.7 Å². The molecule has 1 aliphatic heterocycles. The van der Waals surface area contributed by atoms with Gasteiger partial charge in [-0.25, -0.2) is 8.42 Å². The van der Waals surface area contributed by atoms with Gasteiger partial charge < -0.3 is 10.1 Å². The molecule has 3 rings (SSSR count). The van der Waals surface area contributed by atoms with Gasteiger partial charge in [0.15, 0.2) is 0 Å². The van der Waals surface area contributed by atoms with Gasteiger partial charge in [-0.2, -0.15) is 0 Å². The van der Waals surface area contributed by atoms with Crippen molar-refractivity contribution in [3.05, 3.63) is 64.7 Å². The fourth-order valence-corrected chi connectivity index (χ4v) is 4.36. The van der Waals surface area contributed by atoms with Crippen molar-refractivity contribution in [1.82, 2.24) is 5.32 Å². The minimum absolute atomic E-state index is 0.0120. The minimum atomic E-state index is -3.34. The van der Waals surface area contributed by atoms with Gasteiger partial charge in [-0.15, -0.1) is 0 Å². The Labute approximate surface area is 170 Å². The number of benzene rings is 2. The second-order valence-electron chi connectivity index (χ2n) is 7.15. The van der Waals surface area contributed by atoms with E-state index in [1.165, 1.54) is 17.7 Å². The number of anilines is 1. The maximum atomic E-state index is 12.8. The molecule has 0 saturated carbocycles. The van der Waals surface area contributed by atoms with Gasteiger partial charge in [0, 0.05) is 12.1 Å². The number of carbonyl (C=O) groups is 2. The summed E-state index contributed by atoms with van der Waals surface area (Å²) in [4.78, 5) is 24.7. The molecule has 2 aromatic rings. The molecule has 1 N–H and O–H groups in total. The topological polar surface area (TPSA) is 92.8 Å². The van der Waals surface area contributed by atoms with E-state index in [0.29, 0.717) is 24.2 Å². The van der Waals surface area contributed by atoms with Crippen LogP contribution in [0.4, 0.5) is 5.69 Å². The monoisotopic (exact) mass is 416 g/mol. The molecular formula is C21H24N2O5S. The maximum absolute atomic E-state index is 12.8. The smallest absolute Gasteiger partial charge is 0.307 e. The lowest BCUT2D eigenvalue weighted by molar-refractivity contribution is -0.141. The van der Waals surface area contributed by atoms with Crippen molar-refractivity contribution >= 4 is 27.6 Å². The summed E-state index contributed by atoms with van der Waals surface area (Å²) in [5.74, 6) is -0.756. The Hall–Kier alpha value is -2.87. The summed E-state index contributed by atoms with van der Waals surface area (Å²) in [7, 11) is -2.03. The number of hydrogen-bond acceptors (Lipinski definition) is 5. The van der Waals surface area contributed by atoms with E-state index in [4.69, 9.17) is 4.74 Å². The predicted octanol–water partition coefficient (Wildman–Crippen LogP) is 2.35. The Kier molecular flexibility index (Phi) is 5.93. The first-order chi connectivity index (χ1) is 13.7. The Bertz CT molecular complexity index is 1030. The lowest BCUT2D eigenvalue weighted by atomic mass is 10.0. The molecular weight excluding hydrogens is 392 g/mol. The molecule has 0 bridgehead atoms. The summed E-state index contributed by atoms with van der Waals surface area (Å²) >= 11 is 0. The SMILES string of the molecule is COC(=O)C[C@H](NC(=O)c1ccc2c(c1)CCN2S(C)(=O)=O)c1ccc(C)cc1. The van der Waals surface area contributed by atoms with Gasteiger partial charge in [0.25, 0.3) is 5.91 Å². The number of fused-ring (bicyclic) bond motifs is 1. The van der Waals surface area contributed by atoms with Crippen molar-refractivity contribution in [3.63, 3.8) is 0 Å². The van der Waals surface area contributed by atoms with Crippen LogP contribution in [0.25, 0.3) is 0 Å². The van der Waals surface area contributed by atoms with Crippen LogP contribution < -0.4 is 9.62 Å². The van der Waals surface area contributed by atoms with Crippen molar-refractivity contribution in [2.24, 2.45) is 0 Å². The lowest BCUT2D eigenvalue weighted by Gasteiger charge is -2.19. The van der Waals surface area contributed by atoms with Crippen LogP contribution in [-0.4, -0.2) is 40.2 Å². The highest BCUT2D eigenvalue weighted by atomic mass is 32.2. The second kappa shape index (κ2) is 8.24. The molecule has 1 atom stereocenters. The third kappa shape index (κ3) is 4.76. The molecule has 0 spiro atoms. The third-order valence-electron chi connectivity index (χ3n) is 4.98.